The molecule has 1 atom stereocenters. The molecule has 0 radical (unpaired) electrons. The van der Waals surface area contributed by atoms with Crippen LogP contribution in [-0.2, 0) is 11.2 Å². The van der Waals surface area contributed by atoms with Gasteiger partial charge in [-0.05, 0) is 36.8 Å². The molecule has 0 heterocycles. The van der Waals surface area contributed by atoms with E-state index < -0.39 is 0 Å². The topological polar surface area (TPSA) is 20.3 Å². The molecule has 0 spiro atoms. The monoisotopic (exact) mass is 265 g/mol. The van der Waals surface area contributed by atoms with Gasteiger partial charge < -0.3 is 4.90 Å². The van der Waals surface area contributed by atoms with Gasteiger partial charge >= 0.3 is 0 Å². The molecule has 0 aliphatic heterocycles. The van der Waals surface area contributed by atoms with Crippen LogP contribution in [0.4, 0.5) is 0 Å². The number of rotatable bonds is 5. The van der Waals surface area contributed by atoms with Gasteiger partial charge in [0, 0.05) is 19.3 Å². The van der Waals surface area contributed by atoms with Crippen molar-refractivity contribution in [1.82, 2.24) is 4.90 Å². The van der Waals surface area contributed by atoms with Gasteiger partial charge in [-0.2, -0.15) is 0 Å². The Hall–Kier alpha value is -1.02. The van der Waals surface area contributed by atoms with Crippen LogP contribution in [0.2, 0.25) is 0 Å². The Morgan fingerprint density at radius 3 is 2.94 bits per heavy atom. The van der Waals surface area contributed by atoms with Crippen molar-refractivity contribution in [3.8, 4) is 0 Å². The Morgan fingerprint density at radius 1 is 1.39 bits per heavy atom. The van der Waals surface area contributed by atoms with Crippen molar-refractivity contribution in [1.29, 1.82) is 0 Å². The Balaban J connectivity index is 1.98. The molecule has 1 unspecified atom stereocenters. The van der Waals surface area contributed by atoms with E-state index in [0.717, 1.165) is 25.7 Å². The zero-order chi connectivity index (χ0) is 13.0. The largest absolute Gasteiger partial charge is 0.339 e. The molecule has 0 fully saturated rings. The van der Waals surface area contributed by atoms with Crippen LogP contribution in [0.3, 0.4) is 0 Å². The van der Waals surface area contributed by atoms with Gasteiger partial charge in [0.2, 0.25) is 5.91 Å². The van der Waals surface area contributed by atoms with Crippen molar-refractivity contribution < 1.29 is 4.79 Å². The number of unbranched alkanes of at least 4 members (excludes halogenated alkanes) is 1. The number of aryl methyl sites for hydroxylation is 1. The van der Waals surface area contributed by atoms with Crippen LogP contribution in [0.5, 0.6) is 0 Å². The van der Waals surface area contributed by atoms with E-state index in [0.29, 0.717) is 12.3 Å². The molecule has 0 saturated carbocycles. The lowest BCUT2D eigenvalue weighted by Gasteiger charge is -2.25. The molecule has 0 aromatic heterocycles. The van der Waals surface area contributed by atoms with Gasteiger partial charge in [0.15, 0.2) is 0 Å². The summed E-state index contributed by atoms with van der Waals surface area (Å²) in [5.74, 6) is 0.880. The summed E-state index contributed by atoms with van der Waals surface area (Å²) < 4.78 is 0. The fourth-order valence-corrected chi connectivity index (χ4v) is 2.85. The first-order valence-electron chi connectivity index (χ1n) is 6.63. The number of nitrogens with zero attached hydrogens (tertiary/aromatic N) is 1. The zero-order valence-corrected chi connectivity index (χ0v) is 11.6. The smallest absolute Gasteiger partial charge is 0.222 e. The van der Waals surface area contributed by atoms with E-state index in [1.54, 1.807) is 0 Å². The van der Waals surface area contributed by atoms with Crippen LogP contribution < -0.4 is 0 Å². The Morgan fingerprint density at radius 2 is 2.17 bits per heavy atom. The van der Waals surface area contributed by atoms with Crippen LogP contribution in [-0.4, -0.2) is 23.7 Å². The molecule has 3 heteroatoms. The number of hydrogen-bond donors (Lipinski definition) is 0. The van der Waals surface area contributed by atoms with Gasteiger partial charge in [0.25, 0.3) is 0 Å². The third-order valence-corrected chi connectivity index (χ3v) is 4.00. The second-order valence-electron chi connectivity index (χ2n) is 4.90. The van der Waals surface area contributed by atoms with Crippen LogP contribution in [0.25, 0.3) is 0 Å². The average Bonchev–Trinajstić information content (AvgIpc) is 2.82. The third-order valence-electron chi connectivity index (χ3n) is 3.74. The molecule has 18 heavy (non-hydrogen) atoms. The fraction of sp³-hybridized carbons (Fsp3) is 0.533. The van der Waals surface area contributed by atoms with Crippen LogP contribution in [0.1, 0.15) is 42.9 Å². The summed E-state index contributed by atoms with van der Waals surface area (Å²) >= 11 is 5.63. The predicted molar refractivity (Wildman–Crippen MR) is 74.8 cm³/mol. The SMILES string of the molecule is CN(C(=O)CCCCCl)C1CCc2ccccc21. The summed E-state index contributed by atoms with van der Waals surface area (Å²) in [6.45, 7) is 0. The van der Waals surface area contributed by atoms with Crippen molar-refractivity contribution in [2.75, 3.05) is 12.9 Å². The minimum absolute atomic E-state index is 0.238. The van der Waals surface area contributed by atoms with Crippen molar-refractivity contribution in [3.63, 3.8) is 0 Å². The molecule has 98 valence electrons. The zero-order valence-electron chi connectivity index (χ0n) is 10.9. The second-order valence-corrected chi connectivity index (χ2v) is 5.28. The molecular formula is C15H20ClNO. The summed E-state index contributed by atoms with van der Waals surface area (Å²) in [5, 5.41) is 0. The van der Waals surface area contributed by atoms with Gasteiger partial charge in [-0.25, -0.2) is 0 Å². The van der Waals surface area contributed by atoms with E-state index in [2.05, 4.69) is 24.3 Å². The second kappa shape index (κ2) is 6.24. The molecular weight excluding hydrogens is 246 g/mol. The Bertz CT molecular complexity index is 419. The minimum atomic E-state index is 0.238. The first kappa shape index (κ1) is 13.4. The Labute approximate surface area is 114 Å². The van der Waals surface area contributed by atoms with Crippen molar-refractivity contribution >= 4 is 17.5 Å². The molecule has 1 aromatic carbocycles. The van der Waals surface area contributed by atoms with Gasteiger partial charge in [-0.3, -0.25) is 4.79 Å². The summed E-state index contributed by atoms with van der Waals surface area (Å²) in [5.41, 5.74) is 2.72. The minimum Gasteiger partial charge on any atom is -0.339 e. The van der Waals surface area contributed by atoms with Gasteiger partial charge in [-0.15, -0.1) is 11.6 Å². The van der Waals surface area contributed by atoms with E-state index in [1.807, 2.05) is 11.9 Å². The number of alkyl halides is 1. The molecule has 1 aromatic rings. The van der Waals surface area contributed by atoms with Crippen molar-refractivity contribution in [3.05, 3.63) is 35.4 Å². The predicted octanol–water partition coefficient (Wildman–Crippen LogP) is 3.54. The van der Waals surface area contributed by atoms with E-state index >= 15 is 0 Å². The summed E-state index contributed by atoms with van der Waals surface area (Å²) in [7, 11) is 1.93. The highest BCUT2D eigenvalue weighted by molar-refractivity contribution is 6.17. The van der Waals surface area contributed by atoms with E-state index in [-0.39, 0.29) is 11.9 Å². The average molecular weight is 266 g/mol. The lowest BCUT2D eigenvalue weighted by Crippen LogP contribution is -2.29. The first-order chi connectivity index (χ1) is 8.74. The molecule has 0 saturated heterocycles. The number of carbonyl (C=O) groups excluding carboxylic acids is 1. The maximum Gasteiger partial charge on any atom is 0.222 e. The number of carbonyl (C=O) groups is 1. The quantitative estimate of drug-likeness (QED) is 0.589. The standard InChI is InChI=1S/C15H20ClNO/c1-17(15(18)8-4-5-11-16)14-10-9-12-6-2-3-7-13(12)14/h2-3,6-7,14H,4-5,8-11H2,1H3. The van der Waals surface area contributed by atoms with Crippen LogP contribution in [0, 0.1) is 0 Å². The van der Waals surface area contributed by atoms with E-state index in [9.17, 15) is 4.79 Å². The summed E-state index contributed by atoms with van der Waals surface area (Å²) in [6.07, 6.45) is 4.56. The first-order valence-corrected chi connectivity index (χ1v) is 7.17. The molecule has 1 amide bonds. The van der Waals surface area contributed by atoms with Crippen molar-refractivity contribution in [2.24, 2.45) is 0 Å². The van der Waals surface area contributed by atoms with Gasteiger partial charge in [-0.1, -0.05) is 24.3 Å². The van der Waals surface area contributed by atoms with E-state index in [4.69, 9.17) is 11.6 Å². The maximum absolute atomic E-state index is 12.1. The van der Waals surface area contributed by atoms with Crippen LogP contribution >= 0.6 is 11.6 Å². The van der Waals surface area contributed by atoms with Gasteiger partial charge in [0.1, 0.15) is 0 Å². The maximum atomic E-state index is 12.1. The van der Waals surface area contributed by atoms with Gasteiger partial charge in [0.05, 0.1) is 6.04 Å². The fourth-order valence-electron chi connectivity index (χ4n) is 2.66. The summed E-state index contributed by atoms with van der Waals surface area (Å²) in [6, 6.07) is 8.72. The molecule has 1 aliphatic rings. The highest BCUT2D eigenvalue weighted by atomic mass is 35.5. The highest BCUT2D eigenvalue weighted by Crippen LogP contribution is 2.35. The number of benzene rings is 1. The summed E-state index contributed by atoms with van der Waals surface area (Å²) in [4.78, 5) is 14.0. The van der Waals surface area contributed by atoms with Crippen LogP contribution in [0.15, 0.2) is 24.3 Å². The molecule has 1 aliphatic carbocycles. The van der Waals surface area contributed by atoms with E-state index in [1.165, 1.54) is 11.1 Å². The molecule has 2 rings (SSSR count). The number of halogens is 1. The Kier molecular flexibility index (Phi) is 4.65. The highest BCUT2D eigenvalue weighted by Gasteiger charge is 2.27. The molecule has 0 bridgehead atoms. The van der Waals surface area contributed by atoms with Crippen molar-refractivity contribution in [2.45, 2.75) is 38.1 Å². The third kappa shape index (κ3) is 2.86. The lowest BCUT2D eigenvalue weighted by atomic mass is 10.1. The number of fused-ring (bicyclic) bond motifs is 1. The number of amides is 1. The number of hydrogen-bond acceptors (Lipinski definition) is 1. The normalized spacial score (nSPS) is 17.6. The molecule has 2 nitrogen and oxygen atoms in total. The lowest BCUT2D eigenvalue weighted by molar-refractivity contribution is -0.132. The molecule has 0 N–H and O–H groups in total.